The van der Waals surface area contributed by atoms with E-state index in [4.69, 9.17) is 9.47 Å². The van der Waals surface area contributed by atoms with Crippen molar-refractivity contribution in [2.24, 2.45) is 11.3 Å². The topological polar surface area (TPSA) is 50.8 Å². The second kappa shape index (κ2) is 9.81. The van der Waals surface area contributed by atoms with Gasteiger partial charge in [-0.2, -0.15) is 0 Å². The summed E-state index contributed by atoms with van der Waals surface area (Å²) in [6, 6.07) is 11.0. The molecule has 4 aliphatic heterocycles. The van der Waals surface area contributed by atoms with E-state index in [0.29, 0.717) is 29.4 Å². The lowest BCUT2D eigenvalue weighted by Crippen LogP contribution is -2.53. The van der Waals surface area contributed by atoms with E-state index in [-0.39, 0.29) is 11.9 Å². The predicted octanol–water partition coefficient (Wildman–Crippen LogP) is 6.12. The first-order valence-corrected chi connectivity index (χ1v) is 13.1. The fourth-order valence-corrected chi connectivity index (χ4v) is 5.75. The van der Waals surface area contributed by atoms with Gasteiger partial charge in [-0.05, 0) is 68.0 Å². The molecule has 4 heterocycles. The molecule has 0 saturated carbocycles. The molecule has 5 nitrogen and oxygen atoms in total. The van der Waals surface area contributed by atoms with E-state index in [2.05, 4.69) is 29.3 Å². The molecule has 2 aromatic carbocycles. The molecule has 0 aliphatic carbocycles. The number of piperidine rings is 3. The van der Waals surface area contributed by atoms with E-state index in [0.717, 1.165) is 57.3 Å². The first kappa shape index (κ1) is 24.1. The minimum atomic E-state index is -0.429. The summed E-state index contributed by atoms with van der Waals surface area (Å²) >= 11 is 0. The molecule has 0 radical (unpaired) electrons. The fourth-order valence-electron chi connectivity index (χ4n) is 5.75. The number of carbonyl (C=O) groups is 1. The lowest BCUT2D eigenvalue weighted by atomic mass is 9.78. The Morgan fingerprint density at radius 2 is 1.94 bits per heavy atom. The lowest BCUT2D eigenvalue weighted by Gasteiger charge is -2.44. The minimum Gasteiger partial charge on any atom is -0.493 e. The van der Waals surface area contributed by atoms with Crippen LogP contribution in [-0.4, -0.2) is 43.3 Å². The van der Waals surface area contributed by atoms with Crippen molar-refractivity contribution in [3.63, 3.8) is 0 Å². The highest BCUT2D eigenvalue weighted by Gasteiger charge is 2.41. The van der Waals surface area contributed by atoms with E-state index in [1.165, 1.54) is 11.6 Å². The van der Waals surface area contributed by atoms with Crippen LogP contribution in [0.5, 0.6) is 5.75 Å². The summed E-state index contributed by atoms with van der Waals surface area (Å²) < 4.78 is 27.3. The van der Waals surface area contributed by atoms with Crippen molar-refractivity contribution in [2.45, 2.75) is 65.0 Å². The molecular weight excluding hydrogens is 443 g/mol. The van der Waals surface area contributed by atoms with Crippen LogP contribution < -0.4 is 10.1 Å². The van der Waals surface area contributed by atoms with Crippen LogP contribution in [-0.2, 0) is 11.2 Å². The van der Waals surface area contributed by atoms with Gasteiger partial charge in [0.2, 0.25) is 0 Å². The van der Waals surface area contributed by atoms with Crippen LogP contribution in [0, 0.1) is 17.2 Å². The standard InChI is InChI=1S/C29H37FN2O3/c1-4-5-6-19-7-9-20(10-8-19)22-16-25-23(15-24(22)30)27(29(2,3)18-34-25)31-28(33)35-26-17-32-13-11-21(26)12-14-32/h7-10,15-16,21,26-27H,4-6,11-14,17-18H2,1-3H3,(H,31,33)/t26-,27?/m0/s1. The number of ether oxygens (including phenoxy) is 2. The Kier molecular flexibility index (Phi) is 6.75. The van der Waals surface area contributed by atoms with Crippen molar-refractivity contribution in [1.82, 2.24) is 10.2 Å². The van der Waals surface area contributed by atoms with Gasteiger partial charge < -0.3 is 14.8 Å². The van der Waals surface area contributed by atoms with E-state index < -0.39 is 17.6 Å². The number of fused-ring (bicyclic) bond motifs is 4. The van der Waals surface area contributed by atoms with Gasteiger partial charge in [0.15, 0.2) is 0 Å². The molecule has 3 saturated heterocycles. The highest BCUT2D eigenvalue weighted by atomic mass is 19.1. The van der Waals surface area contributed by atoms with Crippen LogP contribution in [0.25, 0.3) is 11.1 Å². The molecule has 2 atom stereocenters. The number of halogens is 1. The third-order valence-electron chi connectivity index (χ3n) is 7.99. The zero-order valence-electron chi connectivity index (χ0n) is 21.1. The van der Waals surface area contributed by atoms with Crippen molar-refractivity contribution in [3.8, 4) is 16.9 Å². The molecule has 0 spiro atoms. The van der Waals surface area contributed by atoms with E-state index in [1.807, 2.05) is 26.0 Å². The number of hydrogen-bond donors (Lipinski definition) is 1. The molecule has 6 rings (SSSR count). The van der Waals surface area contributed by atoms with Gasteiger partial charge in [0.25, 0.3) is 0 Å². The van der Waals surface area contributed by atoms with Crippen LogP contribution in [0.4, 0.5) is 9.18 Å². The quantitative estimate of drug-likeness (QED) is 0.542. The van der Waals surface area contributed by atoms with Gasteiger partial charge in [0.05, 0.1) is 12.6 Å². The Balaban J connectivity index is 1.35. The Labute approximate surface area is 208 Å². The smallest absolute Gasteiger partial charge is 0.407 e. The van der Waals surface area contributed by atoms with Gasteiger partial charge in [-0.3, -0.25) is 4.90 Å². The first-order valence-electron chi connectivity index (χ1n) is 13.1. The molecular formula is C29H37FN2O3. The predicted molar refractivity (Wildman–Crippen MR) is 135 cm³/mol. The maximum Gasteiger partial charge on any atom is 0.407 e. The zero-order valence-corrected chi connectivity index (χ0v) is 21.1. The van der Waals surface area contributed by atoms with Gasteiger partial charge in [-0.25, -0.2) is 9.18 Å². The van der Waals surface area contributed by atoms with Crippen LogP contribution in [0.15, 0.2) is 36.4 Å². The maximum atomic E-state index is 15.4. The van der Waals surface area contributed by atoms with Crippen LogP contribution in [0.3, 0.4) is 0 Å². The number of carbonyl (C=O) groups excluding carboxylic acids is 1. The van der Waals surface area contributed by atoms with Crippen molar-refractivity contribution < 1.29 is 18.7 Å². The summed E-state index contributed by atoms with van der Waals surface area (Å²) in [5, 5.41) is 3.06. The SMILES string of the molecule is CCCCc1ccc(-c2cc3c(cc2F)C(NC(=O)O[C@H]2CN4CCC2CC4)C(C)(C)CO3)cc1. The number of hydrogen-bond acceptors (Lipinski definition) is 4. The average Bonchev–Trinajstić information content (AvgIpc) is 2.85. The summed E-state index contributed by atoms with van der Waals surface area (Å²) in [4.78, 5) is 15.3. The van der Waals surface area contributed by atoms with E-state index >= 15 is 4.39 Å². The van der Waals surface area contributed by atoms with Crippen molar-refractivity contribution >= 4 is 6.09 Å². The number of nitrogens with zero attached hydrogens (tertiary/aromatic N) is 1. The summed E-state index contributed by atoms with van der Waals surface area (Å²) in [6.45, 7) is 9.64. The van der Waals surface area contributed by atoms with Crippen LogP contribution in [0.2, 0.25) is 0 Å². The number of unbranched alkanes of at least 4 members (excludes halogenated alkanes) is 1. The summed E-state index contributed by atoms with van der Waals surface area (Å²) in [6.07, 6.45) is 4.99. The number of benzene rings is 2. The third-order valence-corrected chi connectivity index (χ3v) is 7.99. The Morgan fingerprint density at radius 3 is 2.60 bits per heavy atom. The zero-order chi connectivity index (χ0) is 24.6. The summed E-state index contributed by atoms with van der Waals surface area (Å²) in [5.74, 6) is 0.738. The Hall–Kier alpha value is -2.60. The number of aryl methyl sites for hydroxylation is 1. The normalized spacial score (nSPS) is 26.5. The monoisotopic (exact) mass is 480 g/mol. The van der Waals surface area contributed by atoms with Crippen molar-refractivity contribution in [3.05, 3.63) is 53.3 Å². The Bertz CT molecular complexity index is 1060. The van der Waals surface area contributed by atoms with E-state index in [1.54, 1.807) is 6.07 Å². The van der Waals surface area contributed by atoms with Gasteiger partial charge in [-0.15, -0.1) is 0 Å². The molecule has 35 heavy (non-hydrogen) atoms. The fraction of sp³-hybridized carbons (Fsp3) is 0.552. The number of amides is 1. The van der Waals surface area contributed by atoms with Crippen molar-refractivity contribution in [1.29, 1.82) is 0 Å². The molecule has 1 amide bonds. The molecule has 0 aromatic heterocycles. The second-order valence-electron chi connectivity index (χ2n) is 11.1. The molecule has 1 N–H and O–H groups in total. The highest BCUT2D eigenvalue weighted by molar-refractivity contribution is 5.71. The molecule has 3 fully saturated rings. The summed E-state index contributed by atoms with van der Waals surface area (Å²) in [5.41, 5.74) is 2.85. The van der Waals surface area contributed by atoms with Crippen molar-refractivity contribution in [2.75, 3.05) is 26.2 Å². The number of nitrogens with one attached hydrogen (secondary N) is 1. The highest BCUT2D eigenvalue weighted by Crippen LogP contribution is 2.45. The van der Waals surface area contributed by atoms with Crippen LogP contribution in [0.1, 0.15) is 63.6 Å². The van der Waals surface area contributed by atoms with Crippen LogP contribution >= 0.6 is 0 Å². The largest absolute Gasteiger partial charge is 0.493 e. The molecule has 6 heteroatoms. The Morgan fingerprint density at radius 1 is 1.20 bits per heavy atom. The molecule has 2 bridgehead atoms. The average molecular weight is 481 g/mol. The third kappa shape index (κ3) is 5.04. The van der Waals surface area contributed by atoms with Gasteiger partial charge in [-0.1, -0.05) is 51.5 Å². The lowest BCUT2D eigenvalue weighted by molar-refractivity contribution is -0.0361. The molecule has 188 valence electrons. The molecule has 1 unspecified atom stereocenters. The molecule has 2 aromatic rings. The van der Waals surface area contributed by atoms with Gasteiger partial charge in [0, 0.05) is 23.1 Å². The van der Waals surface area contributed by atoms with Gasteiger partial charge >= 0.3 is 6.09 Å². The van der Waals surface area contributed by atoms with E-state index in [9.17, 15) is 4.79 Å². The maximum absolute atomic E-state index is 15.4. The first-order chi connectivity index (χ1) is 16.8. The minimum absolute atomic E-state index is 0.0701. The number of rotatable bonds is 6. The molecule has 4 aliphatic rings. The number of alkyl carbamates (subject to hydrolysis) is 1. The summed E-state index contributed by atoms with van der Waals surface area (Å²) in [7, 11) is 0. The van der Waals surface area contributed by atoms with Gasteiger partial charge in [0.1, 0.15) is 17.7 Å². The second-order valence-corrected chi connectivity index (χ2v) is 11.1.